The molecule has 4 nitrogen and oxygen atoms in total. The molecule has 19 heavy (non-hydrogen) atoms. The number of nitrogens with zero attached hydrogens (tertiary/aromatic N) is 1. The van der Waals surface area contributed by atoms with E-state index >= 15 is 0 Å². The van der Waals surface area contributed by atoms with Gasteiger partial charge in [0.2, 0.25) is 5.91 Å². The van der Waals surface area contributed by atoms with Crippen molar-refractivity contribution in [1.29, 1.82) is 0 Å². The highest BCUT2D eigenvalue weighted by molar-refractivity contribution is 5.86. The van der Waals surface area contributed by atoms with Gasteiger partial charge < -0.3 is 10.0 Å². The molecule has 0 saturated heterocycles. The van der Waals surface area contributed by atoms with Crippen molar-refractivity contribution in [2.75, 3.05) is 7.05 Å². The van der Waals surface area contributed by atoms with Gasteiger partial charge in [-0.1, -0.05) is 26.0 Å². The molecular weight excluding hydrogens is 249 g/mol. The first-order valence-electron chi connectivity index (χ1n) is 5.94. The number of hydrogen-bond donors (Lipinski definition) is 1. The highest BCUT2D eigenvalue weighted by atomic mass is 19.1. The molecule has 5 heteroatoms. The Kier molecular flexibility index (Phi) is 4.64. The number of aliphatic carboxylic acids is 1. The molecule has 0 radical (unpaired) electrons. The van der Waals surface area contributed by atoms with Gasteiger partial charge in [0, 0.05) is 13.6 Å². The van der Waals surface area contributed by atoms with E-state index in [1.54, 1.807) is 33.0 Å². The first-order valence-corrected chi connectivity index (χ1v) is 5.94. The van der Waals surface area contributed by atoms with Crippen LogP contribution >= 0.6 is 0 Å². The number of carbonyl (C=O) groups excluding carboxylic acids is 1. The number of carboxylic acids is 1. The van der Waals surface area contributed by atoms with E-state index in [1.807, 2.05) is 0 Å². The van der Waals surface area contributed by atoms with Crippen molar-refractivity contribution in [2.45, 2.75) is 26.8 Å². The van der Waals surface area contributed by atoms with Gasteiger partial charge >= 0.3 is 5.97 Å². The highest BCUT2D eigenvalue weighted by Gasteiger charge is 2.32. The molecular formula is C14H18FNO3. The minimum absolute atomic E-state index is 0.237. The summed E-state index contributed by atoms with van der Waals surface area (Å²) in [5.41, 5.74) is -0.310. The Morgan fingerprint density at radius 2 is 2.00 bits per heavy atom. The van der Waals surface area contributed by atoms with Gasteiger partial charge in [-0.2, -0.15) is 0 Å². The van der Waals surface area contributed by atoms with Crippen LogP contribution in [0.5, 0.6) is 0 Å². The zero-order valence-electron chi connectivity index (χ0n) is 11.3. The third kappa shape index (κ3) is 4.35. The third-order valence-corrected chi connectivity index (χ3v) is 2.83. The minimum atomic E-state index is -1.02. The molecule has 0 unspecified atom stereocenters. The predicted octanol–water partition coefficient (Wildman–Crippen LogP) is 2.29. The summed E-state index contributed by atoms with van der Waals surface area (Å²) in [7, 11) is 1.58. The molecule has 0 aliphatic rings. The second kappa shape index (κ2) is 5.82. The lowest BCUT2D eigenvalue weighted by atomic mass is 9.87. The monoisotopic (exact) mass is 267 g/mol. The van der Waals surface area contributed by atoms with Crippen LogP contribution in [0.15, 0.2) is 24.3 Å². The molecule has 0 bridgehead atoms. The van der Waals surface area contributed by atoms with Gasteiger partial charge in [0.1, 0.15) is 5.82 Å². The van der Waals surface area contributed by atoms with Crippen molar-refractivity contribution < 1.29 is 19.1 Å². The fraction of sp³-hybridized carbons (Fsp3) is 0.429. The lowest BCUT2D eigenvalue weighted by Gasteiger charge is -2.28. The minimum Gasteiger partial charge on any atom is -0.481 e. The Bertz CT molecular complexity index is 485. The molecule has 104 valence electrons. The molecule has 0 heterocycles. The second-order valence-corrected chi connectivity index (χ2v) is 5.25. The summed E-state index contributed by atoms with van der Waals surface area (Å²) in [6.07, 6.45) is -0.237. The fourth-order valence-electron chi connectivity index (χ4n) is 1.95. The van der Waals surface area contributed by atoms with Gasteiger partial charge in [0.15, 0.2) is 0 Å². The zero-order chi connectivity index (χ0) is 14.6. The van der Waals surface area contributed by atoms with Gasteiger partial charge in [0.25, 0.3) is 0 Å². The van der Waals surface area contributed by atoms with E-state index in [1.165, 1.54) is 17.0 Å². The summed E-state index contributed by atoms with van der Waals surface area (Å²) < 4.78 is 13.0. The summed E-state index contributed by atoms with van der Waals surface area (Å²) in [6, 6.07) is 5.98. The van der Waals surface area contributed by atoms with E-state index in [0.29, 0.717) is 5.56 Å². The lowest BCUT2D eigenvalue weighted by Crippen LogP contribution is -2.39. The van der Waals surface area contributed by atoms with Crippen molar-refractivity contribution in [1.82, 2.24) is 4.90 Å². The number of carboxylic acid groups (broad SMARTS) is 1. The van der Waals surface area contributed by atoms with Crippen LogP contribution in [0.25, 0.3) is 0 Å². The maximum Gasteiger partial charge on any atom is 0.304 e. The first-order chi connectivity index (χ1) is 8.72. The molecule has 1 amide bonds. The summed E-state index contributed by atoms with van der Waals surface area (Å²) in [4.78, 5) is 24.3. The van der Waals surface area contributed by atoms with E-state index in [4.69, 9.17) is 5.11 Å². The molecule has 1 N–H and O–H groups in total. The normalized spacial score (nSPS) is 11.2. The first kappa shape index (κ1) is 15.1. The average molecular weight is 267 g/mol. The Morgan fingerprint density at radius 3 is 2.53 bits per heavy atom. The Morgan fingerprint density at radius 1 is 1.37 bits per heavy atom. The van der Waals surface area contributed by atoms with Crippen LogP contribution in [0.2, 0.25) is 0 Å². The number of hydrogen-bond acceptors (Lipinski definition) is 2. The smallest absolute Gasteiger partial charge is 0.304 e. The van der Waals surface area contributed by atoms with Crippen LogP contribution < -0.4 is 0 Å². The Balaban J connectivity index is 2.75. The van der Waals surface area contributed by atoms with Crippen molar-refractivity contribution in [3.8, 4) is 0 Å². The van der Waals surface area contributed by atoms with Crippen LogP contribution in [-0.4, -0.2) is 28.9 Å². The van der Waals surface area contributed by atoms with Crippen LogP contribution in [0.1, 0.15) is 25.8 Å². The molecule has 1 rings (SSSR count). The van der Waals surface area contributed by atoms with Crippen molar-refractivity contribution in [3.63, 3.8) is 0 Å². The Hall–Kier alpha value is -1.91. The third-order valence-electron chi connectivity index (χ3n) is 2.83. The number of carbonyl (C=O) groups is 2. The molecule has 0 fully saturated rings. The van der Waals surface area contributed by atoms with Gasteiger partial charge in [-0.05, 0) is 17.7 Å². The van der Waals surface area contributed by atoms with Crippen LogP contribution in [-0.2, 0) is 16.1 Å². The van der Waals surface area contributed by atoms with Gasteiger partial charge in [-0.25, -0.2) is 4.39 Å². The predicted molar refractivity (Wildman–Crippen MR) is 68.9 cm³/mol. The summed E-state index contributed by atoms with van der Waals surface area (Å²) in [5.74, 6) is -1.65. The SMILES string of the molecule is CN(Cc1cccc(F)c1)C(=O)C(C)(C)CC(=O)O. The zero-order valence-corrected chi connectivity index (χ0v) is 11.3. The second-order valence-electron chi connectivity index (χ2n) is 5.25. The summed E-state index contributed by atoms with van der Waals surface area (Å²) >= 11 is 0. The van der Waals surface area contributed by atoms with E-state index in [2.05, 4.69) is 0 Å². The molecule has 1 aromatic carbocycles. The number of rotatable bonds is 5. The fourth-order valence-corrected chi connectivity index (χ4v) is 1.95. The largest absolute Gasteiger partial charge is 0.481 e. The maximum atomic E-state index is 13.0. The number of halogens is 1. The van der Waals surface area contributed by atoms with E-state index in [-0.39, 0.29) is 24.7 Å². The summed E-state index contributed by atoms with van der Waals surface area (Å²) in [6.45, 7) is 3.43. The van der Waals surface area contributed by atoms with Crippen molar-refractivity contribution >= 4 is 11.9 Å². The quantitative estimate of drug-likeness (QED) is 0.890. The molecule has 0 aliphatic heterocycles. The summed E-state index contributed by atoms with van der Waals surface area (Å²) in [5, 5.41) is 8.79. The lowest BCUT2D eigenvalue weighted by molar-refractivity contribution is -0.148. The number of benzene rings is 1. The number of amides is 1. The van der Waals surface area contributed by atoms with Gasteiger partial charge in [-0.15, -0.1) is 0 Å². The molecule has 0 saturated carbocycles. The van der Waals surface area contributed by atoms with Crippen LogP contribution in [0.3, 0.4) is 0 Å². The maximum absolute atomic E-state index is 13.0. The molecule has 0 aromatic heterocycles. The van der Waals surface area contributed by atoms with E-state index in [0.717, 1.165) is 0 Å². The van der Waals surface area contributed by atoms with Gasteiger partial charge in [-0.3, -0.25) is 9.59 Å². The molecule has 0 atom stereocenters. The Labute approximate surface area is 111 Å². The van der Waals surface area contributed by atoms with E-state index < -0.39 is 11.4 Å². The van der Waals surface area contributed by atoms with Gasteiger partial charge in [0.05, 0.1) is 11.8 Å². The molecule has 1 aromatic rings. The average Bonchev–Trinajstić information content (AvgIpc) is 2.26. The van der Waals surface area contributed by atoms with Crippen LogP contribution in [0, 0.1) is 11.2 Å². The van der Waals surface area contributed by atoms with Crippen molar-refractivity contribution in [3.05, 3.63) is 35.6 Å². The van der Waals surface area contributed by atoms with Crippen molar-refractivity contribution in [2.24, 2.45) is 5.41 Å². The topological polar surface area (TPSA) is 57.6 Å². The van der Waals surface area contributed by atoms with Crippen LogP contribution in [0.4, 0.5) is 4.39 Å². The highest BCUT2D eigenvalue weighted by Crippen LogP contribution is 2.24. The van der Waals surface area contributed by atoms with E-state index in [9.17, 15) is 14.0 Å². The standard InChI is InChI=1S/C14H18FNO3/c1-14(2,8-12(17)18)13(19)16(3)9-10-5-4-6-11(15)7-10/h4-7H,8-9H2,1-3H3,(H,17,18). The molecule has 0 aliphatic carbocycles. The molecule has 0 spiro atoms.